The third-order valence-corrected chi connectivity index (χ3v) is 13.3. The number of benzene rings is 3. The minimum atomic E-state index is -0.802. The molecule has 2 saturated heterocycles. The Bertz CT molecular complexity index is 2830. The molecule has 0 spiro atoms. The molecule has 20 heteroatoms. The van der Waals surface area contributed by atoms with Crippen LogP contribution in [0.4, 0.5) is 0 Å². The Morgan fingerprint density at radius 1 is 0.459 bits per heavy atom. The molecule has 0 saturated carbocycles. The normalized spacial score (nSPS) is 26.5. The van der Waals surface area contributed by atoms with E-state index in [1.54, 1.807) is 45.1 Å². The number of phenols is 6. The van der Waals surface area contributed by atoms with E-state index >= 15 is 0 Å². The van der Waals surface area contributed by atoms with Crippen LogP contribution in [0.1, 0.15) is 113 Å². The van der Waals surface area contributed by atoms with Crippen molar-refractivity contribution in [2.75, 3.05) is 0 Å². The van der Waals surface area contributed by atoms with Gasteiger partial charge in [-0.05, 0) is 64.7 Å². The summed E-state index contributed by atoms with van der Waals surface area (Å²) in [5.74, 6) is -5.92. The SMILES string of the molecule is C[C@@H]1C/C=C/CC/C=C/C(=O)Cc2c(Cl)c(O)cc(O)c2C(=O)O1.C[C@@H]1C[C@H]2O[C@@H]2/C=C\C=C\C(=O)Cc2c(Cl)c(O)cc(O)c2C(=O)O1.C[C@@H]1C[C@H]2O[C@@H]2CC/C=C/C(=O)Cc2c(Cl)c(O)cc(O)c2C(=O)O1. The second kappa shape index (κ2) is 25.5. The zero-order valence-electron chi connectivity index (χ0n) is 40.4. The molecular formula is C54H55Cl3O17. The third kappa shape index (κ3) is 15.2. The van der Waals surface area contributed by atoms with E-state index in [1.807, 2.05) is 18.2 Å². The number of carbonyl (C=O) groups excluding carboxylic acids is 6. The monoisotopic (exact) mass is 1080 g/mol. The Morgan fingerprint density at radius 3 is 1.36 bits per heavy atom. The van der Waals surface area contributed by atoms with Crippen LogP contribution in [0.2, 0.25) is 15.1 Å². The second-order valence-electron chi connectivity index (χ2n) is 18.1. The Balaban J connectivity index is 0.000000181. The van der Waals surface area contributed by atoms with Crippen molar-refractivity contribution in [2.24, 2.45) is 0 Å². The van der Waals surface area contributed by atoms with Gasteiger partial charge in [0, 0.05) is 73.4 Å². The molecule has 3 aromatic carbocycles. The fraction of sp³-hybridized carbons (Fsp3) is 0.370. The van der Waals surface area contributed by atoms with Gasteiger partial charge in [-0.25, -0.2) is 14.4 Å². The molecule has 0 aliphatic carbocycles. The van der Waals surface area contributed by atoms with E-state index in [0.29, 0.717) is 32.1 Å². The number of halogens is 3. The number of fused-ring (bicyclic) bond motifs is 5. The molecule has 7 atom stereocenters. The van der Waals surface area contributed by atoms with Crippen LogP contribution < -0.4 is 0 Å². The number of phenolic OH excluding ortho intramolecular Hbond substituents is 6. The van der Waals surface area contributed by atoms with Crippen LogP contribution in [-0.4, -0.2) is 109 Å². The smallest absolute Gasteiger partial charge is 0.342 e. The van der Waals surface area contributed by atoms with Crippen molar-refractivity contribution in [1.29, 1.82) is 0 Å². The van der Waals surface area contributed by atoms with Gasteiger partial charge in [0.25, 0.3) is 0 Å². The van der Waals surface area contributed by atoms with Crippen LogP contribution >= 0.6 is 34.8 Å². The number of ether oxygens (including phenoxy) is 5. The third-order valence-electron chi connectivity index (χ3n) is 12.0. The summed E-state index contributed by atoms with van der Waals surface area (Å²) in [6, 6.07) is 2.90. The van der Waals surface area contributed by atoms with Gasteiger partial charge in [-0.3, -0.25) is 14.4 Å². The summed E-state index contributed by atoms with van der Waals surface area (Å²) in [5.41, 5.74) is -0.434. The number of hydrogen-bond donors (Lipinski definition) is 6. The van der Waals surface area contributed by atoms with E-state index in [2.05, 4.69) is 0 Å². The van der Waals surface area contributed by atoms with E-state index in [4.69, 9.17) is 58.5 Å². The number of cyclic esters (lactones) is 3. The molecule has 17 nitrogen and oxygen atoms in total. The molecule has 0 amide bonds. The highest BCUT2D eigenvalue weighted by Gasteiger charge is 2.40. The van der Waals surface area contributed by atoms with Gasteiger partial charge < -0.3 is 54.3 Å². The molecule has 2 fully saturated rings. The summed E-state index contributed by atoms with van der Waals surface area (Å²) in [6.07, 6.45) is 19.3. The maximum atomic E-state index is 12.5. The minimum absolute atomic E-state index is 0.0336. The topological polar surface area (TPSA) is 277 Å². The highest BCUT2D eigenvalue weighted by molar-refractivity contribution is 6.34. The van der Waals surface area contributed by atoms with Gasteiger partial charge in [0.1, 0.15) is 75.6 Å². The molecule has 8 rings (SSSR count). The minimum Gasteiger partial charge on any atom is -0.507 e. The van der Waals surface area contributed by atoms with Crippen LogP contribution in [0.25, 0.3) is 0 Å². The lowest BCUT2D eigenvalue weighted by Gasteiger charge is -2.16. The molecule has 5 aliphatic heterocycles. The van der Waals surface area contributed by atoms with E-state index in [-0.39, 0.29) is 109 Å². The lowest BCUT2D eigenvalue weighted by Crippen LogP contribution is -2.20. The fourth-order valence-corrected chi connectivity index (χ4v) is 8.88. The molecule has 6 N–H and O–H groups in total. The lowest BCUT2D eigenvalue weighted by molar-refractivity contribution is -0.114. The van der Waals surface area contributed by atoms with Crippen molar-refractivity contribution >= 4 is 70.1 Å². The molecule has 74 heavy (non-hydrogen) atoms. The number of aromatic hydroxyl groups is 6. The van der Waals surface area contributed by atoms with Crippen molar-refractivity contribution < 1.29 is 83.1 Å². The van der Waals surface area contributed by atoms with E-state index < -0.39 is 70.7 Å². The first-order chi connectivity index (χ1) is 35.1. The quantitative estimate of drug-likeness (QED) is 0.0529. The summed E-state index contributed by atoms with van der Waals surface area (Å²) in [6.45, 7) is 5.19. The van der Waals surface area contributed by atoms with Crippen molar-refractivity contribution in [1.82, 2.24) is 0 Å². The fourth-order valence-electron chi connectivity index (χ4n) is 8.24. The number of hydrogen-bond acceptors (Lipinski definition) is 17. The van der Waals surface area contributed by atoms with Crippen LogP contribution in [0, 0.1) is 0 Å². The number of epoxide rings is 2. The largest absolute Gasteiger partial charge is 0.507 e. The standard InChI is InChI=1S/C18H19ClO6.C18H17ClO6.C18H19ClO5/c2*1-9-6-15-14(25-15)5-3-2-4-10(20)7-11-16(18(23)24-9)12(21)8-13(22)17(11)19;1-11-7-5-3-2-4-6-8-12(20)9-13-16(18(23)24-11)14(21)10-15(22)17(13)19/h2,4,8-9,14-15,21-22H,3,5-7H2,1H3;2-5,8-9,14-15,21-22H,6-7H2,1H3;3,5-6,8,10-11,21-22H,2,4,7,9H2,1H3/b4-2+;4-2+,5-3-;5-3+,8-6+/t2*9-,14-,15-;11-/m111/s1. The van der Waals surface area contributed by atoms with Crippen LogP contribution in [-0.2, 0) is 57.3 Å². The van der Waals surface area contributed by atoms with Gasteiger partial charge in [0.05, 0.1) is 33.4 Å². The Morgan fingerprint density at radius 2 is 0.878 bits per heavy atom. The molecule has 0 bridgehead atoms. The van der Waals surface area contributed by atoms with Crippen molar-refractivity contribution in [2.45, 2.75) is 128 Å². The summed E-state index contributed by atoms with van der Waals surface area (Å²) >= 11 is 18.2. The average molecular weight is 1080 g/mol. The Kier molecular flexibility index (Phi) is 19.6. The zero-order chi connectivity index (χ0) is 54.0. The van der Waals surface area contributed by atoms with Crippen molar-refractivity contribution in [3.05, 3.63) is 127 Å². The summed E-state index contributed by atoms with van der Waals surface area (Å²) in [7, 11) is 0. The number of esters is 3. The molecule has 394 valence electrons. The van der Waals surface area contributed by atoms with E-state index in [1.165, 1.54) is 18.2 Å². The lowest BCUT2D eigenvalue weighted by atomic mass is 9.99. The maximum Gasteiger partial charge on any atom is 0.342 e. The first-order valence-corrected chi connectivity index (χ1v) is 24.8. The molecule has 3 aromatic rings. The van der Waals surface area contributed by atoms with Gasteiger partial charge in [0.15, 0.2) is 17.3 Å². The zero-order valence-corrected chi connectivity index (χ0v) is 42.7. The van der Waals surface area contributed by atoms with Crippen molar-refractivity contribution in [3.63, 3.8) is 0 Å². The Labute approximate surface area is 440 Å². The van der Waals surface area contributed by atoms with Gasteiger partial charge >= 0.3 is 17.9 Å². The summed E-state index contributed by atoms with van der Waals surface area (Å²) in [5, 5.41) is 59.2. The van der Waals surface area contributed by atoms with Crippen LogP contribution in [0.5, 0.6) is 34.5 Å². The van der Waals surface area contributed by atoms with E-state index in [9.17, 15) is 59.4 Å². The average Bonchev–Trinajstić information content (AvgIpc) is 4.25. The van der Waals surface area contributed by atoms with Crippen LogP contribution in [0.15, 0.2) is 79.0 Å². The number of ketones is 3. The maximum absolute atomic E-state index is 12.5. The highest BCUT2D eigenvalue weighted by Crippen LogP contribution is 2.41. The molecular weight excluding hydrogens is 1030 g/mol. The van der Waals surface area contributed by atoms with Crippen molar-refractivity contribution in [3.8, 4) is 34.5 Å². The predicted molar refractivity (Wildman–Crippen MR) is 270 cm³/mol. The first-order valence-electron chi connectivity index (χ1n) is 23.7. The molecule has 0 radical (unpaired) electrons. The van der Waals surface area contributed by atoms with Gasteiger partial charge in [-0.2, -0.15) is 0 Å². The summed E-state index contributed by atoms with van der Waals surface area (Å²) in [4.78, 5) is 73.8. The highest BCUT2D eigenvalue weighted by atomic mass is 35.5. The number of carbonyl (C=O) groups is 6. The molecule has 5 aliphatic rings. The number of rotatable bonds is 0. The van der Waals surface area contributed by atoms with Crippen LogP contribution in [0.3, 0.4) is 0 Å². The molecule has 0 aromatic heterocycles. The summed E-state index contributed by atoms with van der Waals surface area (Å²) < 4.78 is 27.0. The molecule has 0 unspecified atom stereocenters. The van der Waals surface area contributed by atoms with Gasteiger partial charge in [-0.15, -0.1) is 0 Å². The second-order valence-corrected chi connectivity index (χ2v) is 19.2. The van der Waals surface area contributed by atoms with Gasteiger partial charge in [0.2, 0.25) is 0 Å². The predicted octanol–water partition coefficient (Wildman–Crippen LogP) is 9.31. The van der Waals surface area contributed by atoms with E-state index in [0.717, 1.165) is 31.0 Å². The van der Waals surface area contributed by atoms with Gasteiger partial charge in [-0.1, -0.05) is 77.3 Å². The number of allylic oxidation sites excluding steroid dienone is 8. The Hall–Kier alpha value is -6.63. The first kappa shape index (κ1) is 56.7. The molecule has 5 heterocycles.